The van der Waals surface area contributed by atoms with Crippen LogP contribution in [-0.2, 0) is 4.79 Å². The van der Waals surface area contributed by atoms with E-state index >= 15 is 0 Å². The molecule has 0 radical (unpaired) electrons. The summed E-state index contributed by atoms with van der Waals surface area (Å²) in [6, 6.07) is 7.55. The number of Topliss-reactive ketones (excluding diaryl/α,β-unsaturated/α-hetero) is 1. The van der Waals surface area contributed by atoms with E-state index < -0.39 is 0 Å². The normalized spacial score (nSPS) is 16.7. The fraction of sp³-hybridized carbons (Fsp3) is 0.500. The highest BCUT2D eigenvalue weighted by atomic mass is 16.2. The Bertz CT molecular complexity index is 503. The molecule has 5 nitrogen and oxygen atoms in total. The third-order valence-electron chi connectivity index (χ3n) is 3.77. The highest BCUT2D eigenvalue weighted by molar-refractivity contribution is 5.94. The first kappa shape index (κ1) is 15.5. The molecule has 0 bridgehead atoms. The average molecular weight is 289 g/mol. The number of nitrogens with zero attached hydrogens (tertiary/aromatic N) is 2. The van der Waals surface area contributed by atoms with Gasteiger partial charge in [0.2, 0.25) is 5.91 Å². The predicted molar refractivity (Wildman–Crippen MR) is 83.5 cm³/mol. The highest BCUT2D eigenvalue weighted by Crippen LogP contribution is 2.18. The van der Waals surface area contributed by atoms with Crippen molar-refractivity contribution in [3.63, 3.8) is 0 Å². The van der Waals surface area contributed by atoms with Gasteiger partial charge in [-0.2, -0.15) is 0 Å². The molecule has 114 valence electrons. The number of carbonyl (C=O) groups is 2. The molecule has 21 heavy (non-hydrogen) atoms. The van der Waals surface area contributed by atoms with Gasteiger partial charge in [-0.05, 0) is 38.1 Å². The van der Waals surface area contributed by atoms with Crippen LogP contribution in [0.3, 0.4) is 0 Å². The lowest BCUT2D eigenvalue weighted by Crippen LogP contribution is -2.49. The zero-order valence-electron chi connectivity index (χ0n) is 12.7. The topological polar surface area (TPSA) is 66.6 Å². The summed E-state index contributed by atoms with van der Waals surface area (Å²) < 4.78 is 0. The summed E-state index contributed by atoms with van der Waals surface area (Å²) in [6.07, 6.45) is 0.410. The first-order valence-electron chi connectivity index (χ1n) is 7.36. The number of amides is 1. The van der Waals surface area contributed by atoms with E-state index in [2.05, 4.69) is 4.90 Å². The molecule has 2 N–H and O–H groups in total. The van der Waals surface area contributed by atoms with Crippen LogP contribution in [0.2, 0.25) is 0 Å². The molecule has 1 amide bonds. The van der Waals surface area contributed by atoms with E-state index in [0.717, 1.165) is 37.4 Å². The maximum absolute atomic E-state index is 12.0. The molecule has 1 aliphatic heterocycles. The number of hydrogen-bond donors (Lipinski definition) is 1. The number of nitrogens with two attached hydrogens (primary N) is 1. The molecule has 0 aromatic heterocycles. The van der Waals surface area contributed by atoms with Crippen molar-refractivity contribution >= 4 is 17.4 Å². The van der Waals surface area contributed by atoms with Crippen LogP contribution in [0.4, 0.5) is 5.69 Å². The quantitative estimate of drug-likeness (QED) is 0.848. The SMILES string of the molecule is CC(=O)c1ccc(N2CCN(C(=O)CC(C)N)CC2)cc1. The van der Waals surface area contributed by atoms with Crippen LogP contribution in [0.25, 0.3) is 0 Å². The Morgan fingerprint density at radius 3 is 2.19 bits per heavy atom. The number of piperazine rings is 1. The molecular weight excluding hydrogens is 266 g/mol. The second-order valence-electron chi connectivity index (χ2n) is 5.65. The van der Waals surface area contributed by atoms with Crippen molar-refractivity contribution in [2.24, 2.45) is 5.73 Å². The van der Waals surface area contributed by atoms with Gasteiger partial charge in [-0.3, -0.25) is 9.59 Å². The first-order valence-corrected chi connectivity index (χ1v) is 7.36. The van der Waals surface area contributed by atoms with Gasteiger partial charge in [-0.1, -0.05) is 0 Å². The van der Waals surface area contributed by atoms with Crippen molar-refractivity contribution in [3.05, 3.63) is 29.8 Å². The minimum atomic E-state index is -0.0883. The van der Waals surface area contributed by atoms with Crippen molar-refractivity contribution in [2.45, 2.75) is 26.3 Å². The lowest BCUT2D eigenvalue weighted by Gasteiger charge is -2.36. The van der Waals surface area contributed by atoms with Gasteiger partial charge in [0.05, 0.1) is 0 Å². The number of carbonyl (C=O) groups excluding carboxylic acids is 2. The lowest BCUT2D eigenvalue weighted by molar-refractivity contribution is -0.131. The molecule has 0 aliphatic carbocycles. The maximum atomic E-state index is 12.0. The van der Waals surface area contributed by atoms with Crippen LogP contribution in [0, 0.1) is 0 Å². The summed E-state index contributed by atoms with van der Waals surface area (Å²) in [6.45, 7) is 6.48. The van der Waals surface area contributed by atoms with E-state index in [-0.39, 0.29) is 17.7 Å². The van der Waals surface area contributed by atoms with Crippen LogP contribution < -0.4 is 10.6 Å². The highest BCUT2D eigenvalue weighted by Gasteiger charge is 2.21. The molecule has 1 fully saturated rings. The number of benzene rings is 1. The Kier molecular flexibility index (Phi) is 4.96. The van der Waals surface area contributed by atoms with Crippen molar-refractivity contribution in [2.75, 3.05) is 31.1 Å². The molecule has 1 heterocycles. The summed E-state index contributed by atoms with van der Waals surface area (Å²) >= 11 is 0. The number of hydrogen-bond acceptors (Lipinski definition) is 4. The third kappa shape index (κ3) is 4.04. The van der Waals surface area contributed by atoms with Gasteiger partial charge < -0.3 is 15.5 Å². The van der Waals surface area contributed by atoms with Gasteiger partial charge in [0.15, 0.2) is 5.78 Å². The number of anilines is 1. The van der Waals surface area contributed by atoms with Crippen molar-refractivity contribution in [1.82, 2.24) is 4.90 Å². The van der Waals surface area contributed by atoms with Crippen molar-refractivity contribution < 1.29 is 9.59 Å². The van der Waals surface area contributed by atoms with Gasteiger partial charge in [-0.25, -0.2) is 0 Å². The molecule has 1 aromatic rings. The summed E-state index contributed by atoms with van der Waals surface area (Å²) in [4.78, 5) is 27.3. The van der Waals surface area contributed by atoms with Gasteiger partial charge in [0, 0.05) is 49.9 Å². The van der Waals surface area contributed by atoms with E-state index in [1.807, 2.05) is 36.1 Å². The largest absolute Gasteiger partial charge is 0.368 e. The van der Waals surface area contributed by atoms with E-state index in [1.54, 1.807) is 6.92 Å². The van der Waals surface area contributed by atoms with Crippen LogP contribution in [-0.4, -0.2) is 48.8 Å². The molecule has 1 saturated heterocycles. The van der Waals surface area contributed by atoms with E-state index in [0.29, 0.717) is 6.42 Å². The molecular formula is C16H23N3O2. The zero-order chi connectivity index (χ0) is 15.4. The second-order valence-corrected chi connectivity index (χ2v) is 5.65. The Morgan fingerprint density at radius 1 is 1.14 bits per heavy atom. The summed E-state index contributed by atoms with van der Waals surface area (Å²) in [5.41, 5.74) is 7.49. The Hall–Kier alpha value is -1.88. The van der Waals surface area contributed by atoms with Gasteiger partial charge in [0.25, 0.3) is 0 Å². The average Bonchev–Trinajstić information content (AvgIpc) is 2.47. The zero-order valence-corrected chi connectivity index (χ0v) is 12.7. The summed E-state index contributed by atoms with van der Waals surface area (Å²) in [5, 5.41) is 0. The van der Waals surface area contributed by atoms with E-state index in [9.17, 15) is 9.59 Å². The van der Waals surface area contributed by atoms with E-state index in [1.165, 1.54) is 0 Å². The first-order chi connectivity index (χ1) is 9.97. The standard InChI is InChI=1S/C16H23N3O2/c1-12(17)11-16(21)19-9-7-18(8-10-19)15-5-3-14(4-6-15)13(2)20/h3-6,12H,7-11,17H2,1-2H3. The summed E-state index contributed by atoms with van der Waals surface area (Å²) in [5.74, 6) is 0.212. The van der Waals surface area contributed by atoms with Crippen molar-refractivity contribution in [1.29, 1.82) is 0 Å². The van der Waals surface area contributed by atoms with Gasteiger partial charge in [0.1, 0.15) is 0 Å². The van der Waals surface area contributed by atoms with Crippen molar-refractivity contribution in [3.8, 4) is 0 Å². The van der Waals surface area contributed by atoms with Crippen LogP contribution in [0.1, 0.15) is 30.6 Å². The molecule has 1 unspecified atom stereocenters. The van der Waals surface area contributed by atoms with E-state index in [4.69, 9.17) is 5.73 Å². The Labute approximate surface area is 125 Å². The summed E-state index contributed by atoms with van der Waals surface area (Å²) in [7, 11) is 0. The molecule has 5 heteroatoms. The van der Waals surface area contributed by atoms with Crippen LogP contribution in [0.5, 0.6) is 0 Å². The minimum Gasteiger partial charge on any atom is -0.368 e. The number of ketones is 1. The smallest absolute Gasteiger partial charge is 0.224 e. The van der Waals surface area contributed by atoms with Gasteiger partial charge >= 0.3 is 0 Å². The molecule has 1 aliphatic rings. The maximum Gasteiger partial charge on any atom is 0.224 e. The fourth-order valence-electron chi connectivity index (χ4n) is 2.53. The molecule has 0 spiro atoms. The monoisotopic (exact) mass is 289 g/mol. The lowest BCUT2D eigenvalue weighted by atomic mass is 10.1. The molecule has 2 rings (SSSR count). The third-order valence-corrected chi connectivity index (χ3v) is 3.77. The van der Waals surface area contributed by atoms with Crippen LogP contribution >= 0.6 is 0 Å². The number of rotatable bonds is 4. The van der Waals surface area contributed by atoms with Crippen LogP contribution in [0.15, 0.2) is 24.3 Å². The molecule has 1 atom stereocenters. The predicted octanol–water partition coefficient (Wildman–Crippen LogP) is 1.28. The Morgan fingerprint density at radius 2 is 1.71 bits per heavy atom. The molecule has 0 saturated carbocycles. The van der Waals surface area contributed by atoms with Gasteiger partial charge in [-0.15, -0.1) is 0 Å². The fourth-order valence-corrected chi connectivity index (χ4v) is 2.53. The second kappa shape index (κ2) is 6.72. The molecule has 1 aromatic carbocycles. The Balaban J connectivity index is 1.91. The minimum absolute atomic E-state index is 0.0767.